The van der Waals surface area contributed by atoms with Crippen LogP contribution >= 0.6 is 0 Å². The van der Waals surface area contributed by atoms with Gasteiger partial charge in [-0.15, -0.1) is 0 Å². The Morgan fingerprint density at radius 3 is 1.38 bits per heavy atom. The third kappa shape index (κ3) is 20.2. The minimum Gasteiger partial charge on any atom is -0.748 e. The number of aliphatic hydroxyl groups is 1. The Morgan fingerprint density at radius 1 is 0.692 bits per heavy atom. The standard InChI is InChI=1S/C20H42O4S.K/c1-2-3-4-5-6-7-8-9-10-11-12-14-17-20(25(22,23)24)18-15-13-16-19-21;/h20-21H,2-19H2,1H3,(H,22,23,24);/q;+1/p-1. The average molecular weight is 417 g/mol. The maximum Gasteiger partial charge on any atom is 1.00 e. The maximum absolute atomic E-state index is 11.3. The van der Waals surface area contributed by atoms with E-state index in [1.807, 2.05) is 0 Å². The maximum atomic E-state index is 11.3. The van der Waals surface area contributed by atoms with Gasteiger partial charge < -0.3 is 9.66 Å². The van der Waals surface area contributed by atoms with E-state index in [9.17, 15) is 13.0 Å². The molecule has 0 aromatic rings. The van der Waals surface area contributed by atoms with Gasteiger partial charge in [0.1, 0.15) is 0 Å². The van der Waals surface area contributed by atoms with Crippen LogP contribution in [0.15, 0.2) is 0 Å². The normalized spacial score (nSPS) is 12.7. The van der Waals surface area contributed by atoms with Crippen LogP contribution in [0.4, 0.5) is 0 Å². The zero-order valence-corrected chi connectivity index (χ0v) is 21.3. The van der Waals surface area contributed by atoms with E-state index in [1.54, 1.807) is 0 Å². The molecule has 4 nitrogen and oxygen atoms in total. The summed E-state index contributed by atoms with van der Waals surface area (Å²) >= 11 is 0. The molecule has 1 unspecified atom stereocenters. The van der Waals surface area contributed by atoms with Crippen LogP contribution in [-0.4, -0.2) is 29.9 Å². The van der Waals surface area contributed by atoms with Crippen molar-refractivity contribution in [3.8, 4) is 0 Å². The third-order valence-corrected chi connectivity index (χ3v) is 6.26. The van der Waals surface area contributed by atoms with Crippen LogP contribution in [0.2, 0.25) is 0 Å². The van der Waals surface area contributed by atoms with Gasteiger partial charge >= 0.3 is 51.4 Å². The molecule has 1 atom stereocenters. The number of hydrogen-bond acceptors (Lipinski definition) is 4. The second kappa shape index (κ2) is 21.2. The largest absolute Gasteiger partial charge is 1.00 e. The first-order valence-corrected chi connectivity index (χ1v) is 12.0. The minimum absolute atomic E-state index is 0. The molecular formula is C20H41KO4S. The molecule has 0 bridgehead atoms. The predicted molar refractivity (Wildman–Crippen MR) is 105 cm³/mol. The van der Waals surface area contributed by atoms with Gasteiger partial charge in [-0.1, -0.05) is 96.8 Å². The Kier molecular flexibility index (Phi) is 24.2. The fourth-order valence-electron chi connectivity index (χ4n) is 3.31. The van der Waals surface area contributed by atoms with Crippen LogP contribution in [0.5, 0.6) is 0 Å². The predicted octanol–water partition coefficient (Wildman–Crippen LogP) is 2.55. The summed E-state index contributed by atoms with van der Waals surface area (Å²) in [6.07, 6.45) is 18.1. The van der Waals surface area contributed by atoms with Gasteiger partial charge in [0.2, 0.25) is 0 Å². The second-order valence-electron chi connectivity index (χ2n) is 7.37. The summed E-state index contributed by atoms with van der Waals surface area (Å²) in [4.78, 5) is 0. The van der Waals surface area contributed by atoms with E-state index in [0.717, 1.165) is 25.7 Å². The first-order chi connectivity index (χ1) is 12.0. The van der Waals surface area contributed by atoms with Crippen molar-refractivity contribution in [1.82, 2.24) is 0 Å². The van der Waals surface area contributed by atoms with Crippen LogP contribution in [0, 0.1) is 0 Å². The molecule has 0 radical (unpaired) electrons. The van der Waals surface area contributed by atoms with Crippen molar-refractivity contribution in [3.63, 3.8) is 0 Å². The molecule has 0 saturated carbocycles. The molecule has 26 heavy (non-hydrogen) atoms. The fraction of sp³-hybridized carbons (Fsp3) is 1.00. The molecule has 6 heteroatoms. The van der Waals surface area contributed by atoms with Gasteiger partial charge in [0.25, 0.3) is 0 Å². The van der Waals surface area contributed by atoms with Crippen molar-refractivity contribution in [2.24, 2.45) is 0 Å². The van der Waals surface area contributed by atoms with Gasteiger partial charge in [0.15, 0.2) is 0 Å². The average Bonchev–Trinajstić information content (AvgIpc) is 2.56. The Hall–Kier alpha value is 1.51. The van der Waals surface area contributed by atoms with Crippen LogP contribution < -0.4 is 51.4 Å². The van der Waals surface area contributed by atoms with Crippen LogP contribution in [0.25, 0.3) is 0 Å². The molecule has 0 saturated heterocycles. The SMILES string of the molecule is CCCCCCCCCCCCCCC(CCCCCO)S(=O)(=O)[O-].[K+]. The van der Waals surface area contributed by atoms with Crippen molar-refractivity contribution < 1.29 is 69.5 Å². The van der Waals surface area contributed by atoms with E-state index in [0.29, 0.717) is 25.7 Å². The smallest absolute Gasteiger partial charge is 0.748 e. The first kappa shape index (κ1) is 29.7. The summed E-state index contributed by atoms with van der Waals surface area (Å²) in [5.74, 6) is 0. The van der Waals surface area contributed by atoms with E-state index in [1.165, 1.54) is 57.8 Å². The number of hydrogen-bond donors (Lipinski definition) is 1. The fourth-order valence-corrected chi connectivity index (χ4v) is 4.22. The molecule has 0 rings (SSSR count). The molecule has 152 valence electrons. The zero-order chi connectivity index (χ0) is 18.8. The Morgan fingerprint density at radius 2 is 1.04 bits per heavy atom. The van der Waals surface area contributed by atoms with Crippen molar-refractivity contribution in [3.05, 3.63) is 0 Å². The zero-order valence-electron chi connectivity index (χ0n) is 17.4. The van der Waals surface area contributed by atoms with Gasteiger partial charge in [-0.25, -0.2) is 8.42 Å². The molecule has 0 aromatic heterocycles. The third-order valence-electron chi connectivity index (χ3n) is 4.97. The molecule has 0 heterocycles. The molecule has 0 aliphatic rings. The molecule has 0 spiro atoms. The van der Waals surface area contributed by atoms with E-state index in [2.05, 4.69) is 6.92 Å². The minimum atomic E-state index is -4.18. The summed E-state index contributed by atoms with van der Waals surface area (Å²) < 4.78 is 34.0. The summed E-state index contributed by atoms with van der Waals surface area (Å²) in [5, 5.41) is 8.01. The van der Waals surface area contributed by atoms with Gasteiger partial charge in [0, 0.05) is 11.9 Å². The second-order valence-corrected chi connectivity index (χ2v) is 9.02. The molecule has 1 N–H and O–H groups in total. The van der Waals surface area contributed by atoms with E-state index in [4.69, 9.17) is 5.11 Å². The van der Waals surface area contributed by atoms with Crippen molar-refractivity contribution in [2.75, 3.05) is 6.61 Å². The summed E-state index contributed by atoms with van der Waals surface area (Å²) in [6.45, 7) is 2.37. The first-order valence-electron chi connectivity index (χ1n) is 10.6. The van der Waals surface area contributed by atoms with Crippen LogP contribution in [-0.2, 0) is 10.1 Å². The van der Waals surface area contributed by atoms with Gasteiger partial charge in [-0.2, -0.15) is 0 Å². The molecule has 0 aliphatic heterocycles. The van der Waals surface area contributed by atoms with E-state index in [-0.39, 0.29) is 58.0 Å². The Bertz CT molecular complexity index is 374. The number of aliphatic hydroxyl groups excluding tert-OH is 1. The molecule has 0 aromatic carbocycles. The van der Waals surface area contributed by atoms with Gasteiger partial charge in [0.05, 0.1) is 10.1 Å². The van der Waals surface area contributed by atoms with Crippen molar-refractivity contribution >= 4 is 10.1 Å². The molecular weight excluding hydrogens is 375 g/mol. The summed E-state index contributed by atoms with van der Waals surface area (Å²) in [7, 11) is -4.18. The number of unbranched alkanes of at least 4 members (excludes halogenated alkanes) is 13. The van der Waals surface area contributed by atoms with Gasteiger partial charge in [-0.3, -0.25) is 0 Å². The monoisotopic (exact) mass is 416 g/mol. The van der Waals surface area contributed by atoms with Crippen LogP contribution in [0.1, 0.15) is 116 Å². The number of rotatable bonds is 19. The van der Waals surface area contributed by atoms with Crippen LogP contribution in [0.3, 0.4) is 0 Å². The molecule has 0 amide bonds. The van der Waals surface area contributed by atoms with Crippen molar-refractivity contribution in [1.29, 1.82) is 0 Å². The summed E-state index contributed by atoms with van der Waals surface area (Å²) in [5.41, 5.74) is 0. The summed E-state index contributed by atoms with van der Waals surface area (Å²) in [6, 6.07) is 0. The molecule has 0 fully saturated rings. The van der Waals surface area contributed by atoms with Crippen molar-refractivity contribution in [2.45, 2.75) is 121 Å². The van der Waals surface area contributed by atoms with Gasteiger partial charge in [-0.05, 0) is 19.3 Å². The topological polar surface area (TPSA) is 77.4 Å². The molecule has 0 aliphatic carbocycles. The quantitative estimate of drug-likeness (QED) is 0.199. The van der Waals surface area contributed by atoms with E-state index < -0.39 is 15.4 Å². The van der Waals surface area contributed by atoms with E-state index >= 15 is 0 Å². The Balaban J connectivity index is 0. The Labute approximate surface area is 205 Å².